The zero-order valence-electron chi connectivity index (χ0n) is 14.6. The van der Waals surface area contributed by atoms with Crippen molar-refractivity contribution in [3.63, 3.8) is 0 Å². The molecule has 2 fully saturated rings. The summed E-state index contributed by atoms with van der Waals surface area (Å²) in [6.07, 6.45) is 4.32. The topological polar surface area (TPSA) is 51.2 Å². The molecule has 2 aromatic rings. The maximum Gasteiger partial charge on any atom is 0.166 e. The Labute approximate surface area is 154 Å². The second-order valence-electron chi connectivity index (χ2n) is 8.00. The number of fused-ring (bicyclic) bond motifs is 5. The lowest BCUT2D eigenvalue weighted by molar-refractivity contribution is 0.0894. The van der Waals surface area contributed by atoms with E-state index in [-0.39, 0.29) is 22.2 Å². The van der Waals surface area contributed by atoms with Crippen LogP contribution in [-0.2, 0) is 16.3 Å². The largest absolute Gasteiger partial charge is 0.294 e. The van der Waals surface area contributed by atoms with Crippen LogP contribution in [0.25, 0.3) is 11.1 Å². The first-order valence-corrected chi connectivity index (χ1v) is 11.1. The van der Waals surface area contributed by atoms with Gasteiger partial charge in [0.05, 0.1) is 10.5 Å². The fourth-order valence-corrected chi connectivity index (χ4v) is 7.69. The minimum Gasteiger partial charge on any atom is -0.294 e. The Morgan fingerprint density at radius 3 is 2.35 bits per heavy atom. The molecule has 2 saturated heterocycles. The molecule has 0 amide bonds. The molecule has 3 aliphatic rings. The van der Waals surface area contributed by atoms with Gasteiger partial charge in [0.25, 0.3) is 0 Å². The van der Waals surface area contributed by atoms with Crippen LogP contribution in [-0.4, -0.2) is 24.7 Å². The summed E-state index contributed by atoms with van der Waals surface area (Å²) in [4.78, 5) is 13.1. The summed E-state index contributed by atoms with van der Waals surface area (Å²) in [5.74, 6) is -0.00814. The third kappa shape index (κ3) is 2.38. The maximum atomic E-state index is 13.1. The molecular weight excluding hydrogens is 344 g/mol. The highest BCUT2D eigenvalue weighted by atomic mass is 32.2. The van der Waals surface area contributed by atoms with Gasteiger partial charge in [0.1, 0.15) is 0 Å². The fourth-order valence-electron chi connectivity index (χ4n) is 5.16. The zero-order valence-corrected chi connectivity index (χ0v) is 15.5. The molecule has 5 rings (SSSR count). The van der Waals surface area contributed by atoms with Gasteiger partial charge in [0.15, 0.2) is 15.6 Å². The predicted octanol–water partition coefficient (Wildman–Crippen LogP) is 4.19. The molecule has 0 radical (unpaired) electrons. The standard InChI is InChI=1S/C22H22O3S/c23-22(17-12-18-5-3-6-19(13-17)26(18,24)25)15-8-9-21-16(11-15)10-14-4-1-2-7-20(14)21/h1-2,4,7-9,11,17-19H,3,5-6,10,12-13H2. The lowest BCUT2D eigenvalue weighted by Crippen LogP contribution is -2.45. The average molecular weight is 366 g/mol. The Hall–Kier alpha value is -1.94. The van der Waals surface area contributed by atoms with Crippen LogP contribution in [0.1, 0.15) is 53.6 Å². The SMILES string of the molecule is O=C(c1ccc2c(c1)Cc1ccccc1-2)C1CC2CCCC(C1)S2(=O)=O. The molecule has 0 spiro atoms. The van der Waals surface area contributed by atoms with Crippen molar-refractivity contribution >= 4 is 15.6 Å². The summed E-state index contributed by atoms with van der Waals surface area (Å²) in [5.41, 5.74) is 5.75. The molecule has 1 aliphatic carbocycles. The van der Waals surface area contributed by atoms with E-state index in [1.807, 2.05) is 18.2 Å². The molecule has 4 heteroatoms. The van der Waals surface area contributed by atoms with Gasteiger partial charge in [-0.25, -0.2) is 8.42 Å². The molecule has 2 bridgehead atoms. The van der Waals surface area contributed by atoms with Gasteiger partial charge < -0.3 is 0 Å². The second-order valence-corrected chi connectivity index (χ2v) is 10.5. The minimum atomic E-state index is -3.01. The Morgan fingerprint density at radius 2 is 1.58 bits per heavy atom. The van der Waals surface area contributed by atoms with Crippen LogP contribution in [0, 0.1) is 5.92 Å². The summed E-state index contributed by atoms with van der Waals surface area (Å²) >= 11 is 0. The van der Waals surface area contributed by atoms with Crippen molar-refractivity contribution in [3.05, 3.63) is 59.2 Å². The van der Waals surface area contributed by atoms with Crippen LogP contribution >= 0.6 is 0 Å². The van der Waals surface area contributed by atoms with Crippen LogP contribution in [0.3, 0.4) is 0 Å². The Balaban J connectivity index is 1.43. The highest BCUT2D eigenvalue weighted by molar-refractivity contribution is 7.92. The van der Waals surface area contributed by atoms with Crippen LogP contribution in [0.5, 0.6) is 0 Å². The first-order chi connectivity index (χ1) is 12.5. The monoisotopic (exact) mass is 366 g/mol. The maximum absolute atomic E-state index is 13.1. The van der Waals surface area contributed by atoms with E-state index >= 15 is 0 Å². The number of hydrogen-bond acceptors (Lipinski definition) is 3. The van der Waals surface area contributed by atoms with E-state index in [2.05, 4.69) is 24.3 Å². The average Bonchev–Trinajstić information content (AvgIpc) is 2.98. The number of hydrogen-bond donors (Lipinski definition) is 0. The van der Waals surface area contributed by atoms with E-state index in [4.69, 9.17) is 0 Å². The van der Waals surface area contributed by atoms with E-state index in [0.29, 0.717) is 12.8 Å². The Kier molecular flexibility index (Phi) is 3.61. The molecule has 2 heterocycles. The minimum absolute atomic E-state index is 0.135. The van der Waals surface area contributed by atoms with Gasteiger partial charge in [0.2, 0.25) is 0 Å². The van der Waals surface area contributed by atoms with E-state index in [9.17, 15) is 13.2 Å². The Morgan fingerprint density at radius 1 is 0.885 bits per heavy atom. The number of carbonyl (C=O) groups is 1. The van der Waals surface area contributed by atoms with Gasteiger partial charge in [-0.15, -0.1) is 0 Å². The van der Waals surface area contributed by atoms with Gasteiger partial charge in [0, 0.05) is 11.5 Å². The summed E-state index contributed by atoms with van der Waals surface area (Å²) in [5, 5.41) is -0.606. The molecule has 134 valence electrons. The third-order valence-electron chi connectivity index (χ3n) is 6.53. The number of sulfone groups is 1. The molecule has 0 saturated carbocycles. The first-order valence-electron chi connectivity index (χ1n) is 9.52. The van der Waals surface area contributed by atoms with E-state index in [0.717, 1.165) is 31.2 Å². The Bertz CT molecular complexity index is 986. The lowest BCUT2D eigenvalue weighted by Gasteiger charge is -2.38. The van der Waals surface area contributed by atoms with Crippen LogP contribution < -0.4 is 0 Å². The number of rotatable bonds is 2. The summed E-state index contributed by atoms with van der Waals surface area (Å²) in [6, 6.07) is 14.4. The molecule has 2 atom stereocenters. The van der Waals surface area contributed by atoms with Crippen LogP contribution in [0.15, 0.2) is 42.5 Å². The predicted molar refractivity (Wildman–Crippen MR) is 102 cm³/mol. The molecule has 0 aromatic heterocycles. The van der Waals surface area contributed by atoms with Crippen molar-refractivity contribution in [1.29, 1.82) is 0 Å². The van der Waals surface area contributed by atoms with E-state index < -0.39 is 9.84 Å². The van der Waals surface area contributed by atoms with Crippen LogP contribution in [0.2, 0.25) is 0 Å². The lowest BCUT2D eigenvalue weighted by atomic mass is 9.84. The highest BCUT2D eigenvalue weighted by Gasteiger charge is 2.46. The van der Waals surface area contributed by atoms with Gasteiger partial charge in [-0.1, -0.05) is 42.8 Å². The summed E-state index contributed by atoms with van der Waals surface area (Å²) in [6.45, 7) is 0. The third-order valence-corrected chi connectivity index (χ3v) is 9.24. The fraction of sp³-hybridized carbons (Fsp3) is 0.409. The van der Waals surface area contributed by atoms with E-state index in [1.165, 1.54) is 22.3 Å². The second kappa shape index (κ2) is 5.78. The molecule has 3 nitrogen and oxygen atoms in total. The summed E-state index contributed by atoms with van der Waals surface area (Å²) in [7, 11) is -3.01. The van der Waals surface area contributed by atoms with Crippen molar-refractivity contribution in [1.82, 2.24) is 0 Å². The molecule has 2 unspecified atom stereocenters. The van der Waals surface area contributed by atoms with E-state index in [1.54, 1.807) is 0 Å². The number of benzene rings is 2. The molecule has 26 heavy (non-hydrogen) atoms. The van der Waals surface area contributed by atoms with Crippen molar-refractivity contribution in [2.24, 2.45) is 5.92 Å². The molecule has 0 N–H and O–H groups in total. The van der Waals surface area contributed by atoms with Crippen molar-refractivity contribution in [2.75, 3.05) is 0 Å². The molecule has 2 aromatic carbocycles. The van der Waals surface area contributed by atoms with Gasteiger partial charge in [-0.3, -0.25) is 4.79 Å². The normalized spacial score (nSPS) is 28.2. The quantitative estimate of drug-likeness (QED) is 0.639. The van der Waals surface area contributed by atoms with Crippen LogP contribution in [0.4, 0.5) is 0 Å². The van der Waals surface area contributed by atoms with Crippen molar-refractivity contribution in [3.8, 4) is 11.1 Å². The van der Waals surface area contributed by atoms with Crippen molar-refractivity contribution in [2.45, 2.75) is 49.0 Å². The molecular formula is C22H22O3S. The van der Waals surface area contributed by atoms with Gasteiger partial charge >= 0.3 is 0 Å². The summed E-state index contributed by atoms with van der Waals surface area (Å²) < 4.78 is 24.9. The first kappa shape index (κ1) is 16.2. The van der Waals surface area contributed by atoms with Gasteiger partial charge in [-0.05, 0) is 60.4 Å². The highest BCUT2D eigenvalue weighted by Crippen LogP contribution is 2.41. The number of ketones is 1. The molecule has 2 aliphatic heterocycles. The number of carbonyl (C=O) groups excluding carboxylic acids is 1. The smallest absolute Gasteiger partial charge is 0.166 e. The van der Waals surface area contributed by atoms with Gasteiger partial charge in [-0.2, -0.15) is 0 Å². The zero-order chi connectivity index (χ0) is 17.9. The number of Topliss-reactive ketones (excluding diaryl/α,β-unsaturated/α-hetero) is 1. The van der Waals surface area contributed by atoms with Crippen molar-refractivity contribution < 1.29 is 13.2 Å².